The maximum Gasteiger partial charge on any atom is 0.340 e. The predicted molar refractivity (Wildman–Crippen MR) is 84.2 cm³/mol. The first-order chi connectivity index (χ1) is 10.6. The van der Waals surface area contributed by atoms with Crippen LogP contribution in [0.1, 0.15) is 15.9 Å². The van der Waals surface area contributed by atoms with E-state index in [1.54, 1.807) is 19.4 Å². The number of carbonyl (C=O) groups excluding carboxylic acids is 1. The van der Waals surface area contributed by atoms with Crippen molar-refractivity contribution in [3.05, 3.63) is 47.7 Å². The number of aromatic nitrogens is 2. The summed E-state index contributed by atoms with van der Waals surface area (Å²) in [6, 6.07) is 9.43. The van der Waals surface area contributed by atoms with E-state index in [0.29, 0.717) is 11.1 Å². The molecular formula is C17H16N2O3. The number of pyridine rings is 1. The van der Waals surface area contributed by atoms with Gasteiger partial charge in [0, 0.05) is 17.5 Å². The molecule has 0 aliphatic heterocycles. The average molecular weight is 296 g/mol. The van der Waals surface area contributed by atoms with E-state index in [-0.39, 0.29) is 5.97 Å². The molecule has 0 saturated heterocycles. The number of aromatic amines is 1. The standard InChI is InChI=1S/C17H16N2O3/c1-10-8-11(21-2)4-5-12(10)14-9-15-16(19-14)13(6-7-18-15)17(20)22-3/h4-9,19H,1-3H3. The fraction of sp³-hybridized carbons (Fsp3) is 0.176. The molecule has 3 aromatic rings. The summed E-state index contributed by atoms with van der Waals surface area (Å²) < 4.78 is 10.0. The molecule has 0 bridgehead atoms. The molecule has 5 nitrogen and oxygen atoms in total. The number of rotatable bonds is 3. The van der Waals surface area contributed by atoms with Gasteiger partial charge in [0.1, 0.15) is 5.75 Å². The van der Waals surface area contributed by atoms with Gasteiger partial charge in [-0.3, -0.25) is 4.98 Å². The summed E-state index contributed by atoms with van der Waals surface area (Å²) in [4.78, 5) is 19.4. The van der Waals surface area contributed by atoms with Crippen LogP contribution in [0, 0.1) is 6.92 Å². The van der Waals surface area contributed by atoms with Gasteiger partial charge in [0.2, 0.25) is 0 Å². The van der Waals surface area contributed by atoms with Crippen LogP contribution in [-0.2, 0) is 4.74 Å². The molecule has 0 radical (unpaired) electrons. The lowest BCUT2D eigenvalue weighted by Crippen LogP contribution is -2.02. The number of fused-ring (bicyclic) bond motifs is 1. The Morgan fingerprint density at radius 2 is 2.00 bits per heavy atom. The van der Waals surface area contributed by atoms with E-state index in [2.05, 4.69) is 9.97 Å². The number of hydrogen-bond acceptors (Lipinski definition) is 4. The smallest absolute Gasteiger partial charge is 0.340 e. The second-order valence-corrected chi connectivity index (χ2v) is 4.97. The highest BCUT2D eigenvalue weighted by Gasteiger charge is 2.15. The Morgan fingerprint density at radius 3 is 2.68 bits per heavy atom. The lowest BCUT2D eigenvalue weighted by molar-refractivity contribution is 0.0602. The van der Waals surface area contributed by atoms with Gasteiger partial charge in [0.15, 0.2) is 0 Å². The van der Waals surface area contributed by atoms with Gasteiger partial charge in [-0.05, 0) is 42.8 Å². The van der Waals surface area contributed by atoms with Gasteiger partial charge >= 0.3 is 5.97 Å². The molecule has 3 rings (SSSR count). The van der Waals surface area contributed by atoms with Gasteiger partial charge in [0.05, 0.1) is 30.8 Å². The zero-order valence-corrected chi connectivity index (χ0v) is 12.6. The topological polar surface area (TPSA) is 64.2 Å². The van der Waals surface area contributed by atoms with E-state index >= 15 is 0 Å². The SMILES string of the molecule is COC(=O)c1ccnc2cc(-c3ccc(OC)cc3C)[nH]c12. The van der Waals surface area contributed by atoms with Crippen molar-refractivity contribution in [2.75, 3.05) is 14.2 Å². The monoisotopic (exact) mass is 296 g/mol. The predicted octanol–water partition coefficient (Wildman–Crippen LogP) is 3.33. The number of hydrogen-bond donors (Lipinski definition) is 1. The molecule has 22 heavy (non-hydrogen) atoms. The molecule has 0 fully saturated rings. The van der Waals surface area contributed by atoms with Crippen LogP contribution in [-0.4, -0.2) is 30.2 Å². The lowest BCUT2D eigenvalue weighted by Gasteiger charge is -2.06. The number of H-pyrrole nitrogens is 1. The molecule has 5 heteroatoms. The molecule has 0 spiro atoms. The zero-order valence-electron chi connectivity index (χ0n) is 12.6. The van der Waals surface area contributed by atoms with Crippen molar-refractivity contribution < 1.29 is 14.3 Å². The molecule has 0 saturated carbocycles. The minimum absolute atomic E-state index is 0.382. The van der Waals surface area contributed by atoms with Gasteiger partial charge in [-0.1, -0.05) is 0 Å². The van der Waals surface area contributed by atoms with Crippen molar-refractivity contribution in [3.63, 3.8) is 0 Å². The number of benzene rings is 1. The highest BCUT2D eigenvalue weighted by molar-refractivity contribution is 6.03. The zero-order chi connectivity index (χ0) is 15.7. The van der Waals surface area contributed by atoms with Crippen LogP contribution >= 0.6 is 0 Å². The van der Waals surface area contributed by atoms with Crippen LogP contribution in [0.15, 0.2) is 36.5 Å². The van der Waals surface area contributed by atoms with Crippen molar-refractivity contribution in [1.29, 1.82) is 0 Å². The van der Waals surface area contributed by atoms with Crippen LogP contribution in [0.4, 0.5) is 0 Å². The number of aryl methyl sites for hydroxylation is 1. The summed E-state index contributed by atoms with van der Waals surface area (Å²) in [6.07, 6.45) is 1.60. The third-order valence-electron chi connectivity index (χ3n) is 3.65. The van der Waals surface area contributed by atoms with Gasteiger partial charge in [0.25, 0.3) is 0 Å². The molecule has 0 amide bonds. The summed E-state index contributed by atoms with van der Waals surface area (Å²) >= 11 is 0. The lowest BCUT2D eigenvalue weighted by atomic mass is 10.1. The Balaban J connectivity index is 2.15. The third kappa shape index (κ3) is 2.30. The van der Waals surface area contributed by atoms with Crippen LogP contribution < -0.4 is 4.74 Å². The van der Waals surface area contributed by atoms with E-state index in [1.807, 2.05) is 31.2 Å². The molecule has 0 aliphatic rings. The number of ether oxygens (including phenoxy) is 2. The maximum atomic E-state index is 11.8. The van der Waals surface area contributed by atoms with Gasteiger partial charge in [-0.25, -0.2) is 4.79 Å². The van der Waals surface area contributed by atoms with Crippen molar-refractivity contribution >= 4 is 17.0 Å². The quantitative estimate of drug-likeness (QED) is 0.753. The van der Waals surface area contributed by atoms with Crippen LogP contribution in [0.25, 0.3) is 22.3 Å². The Morgan fingerprint density at radius 1 is 1.18 bits per heavy atom. The highest BCUT2D eigenvalue weighted by Crippen LogP contribution is 2.29. The van der Waals surface area contributed by atoms with E-state index < -0.39 is 0 Å². The highest BCUT2D eigenvalue weighted by atomic mass is 16.5. The van der Waals surface area contributed by atoms with E-state index in [9.17, 15) is 4.79 Å². The van der Waals surface area contributed by atoms with Crippen molar-refractivity contribution in [2.24, 2.45) is 0 Å². The summed E-state index contributed by atoms with van der Waals surface area (Å²) in [7, 11) is 3.01. The molecule has 1 N–H and O–H groups in total. The second kappa shape index (κ2) is 5.52. The fourth-order valence-corrected chi connectivity index (χ4v) is 2.52. The first-order valence-corrected chi connectivity index (χ1v) is 6.85. The van der Waals surface area contributed by atoms with E-state index in [1.165, 1.54) is 7.11 Å². The Hall–Kier alpha value is -2.82. The third-order valence-corrected chi connectivity index (χ3v) is 3.65. The molecule has 2 aromatic heterocycles. The Bertz CT molecular complexity index is 852. The van der Waals surface area contributed by atoms with E-state index in [4.69, 9.17) is 9.47 Å². The van der Waals surface area contributed by atoms with Crippen LogP contribution in [0.3, 0.4) is 0 Å². The van der Waals surface area contributed by atoms with E-state index in [0.717, 1.165) is 28.1 Å². The largest absolute Gasteiger partial charge is 0.497 e. The normalized spacial score (nSPS) is 10.7. The van der Waals surface area contributed by atoms with Crippen molar-refractivity contribution in [2.45, 2.75) is 6.92 Å². The second-order valence-electron chi connectivity index (χ2n) is 4.97. The maximum absolute atomic E-state index is 11.8. The van der Waals surface area contributed by atoms with Gasteiger partial charge in [-0.2, -0.15) is 0 Å². The molecule has 0 aliphatic carbocycles. The molecule has 0 atom stereocenters. The number of nitrogens with zero attached hydrogens (tertiary/aromatic N) is 1. The molecule has 1 aromatic carbocycles. The number of methoxy groups -OCH3 is 2. The minimum atomic E-state index is -0.382. The van der Waals surface area contributed by atoms with Gasteiger partial charge in [-0.15, -0.1) is 0 Å². The van der Waals surface area contributed by atoms with Crippen molar-refractivity contribution in [3.8, 4) is 17.0 Å². The summed E-state index contributed by atoms with van der Waals surface area (Å²) in [5.41, 5.74) is 4.90. The molecule has 112 valence electrons. The molecule has 2 heterocycles. The molecular weight excluding hydrogens is 280 g/mol. The summed E-state index contributed by atoms with van der Waals surface area (Å²) in [6.45, 7) is 2.01. The number of carbonyl (C=O) groups is 1. The summed E-state index contributed by atoms with van der Waals surface area (Å²) in [5.74, 6) is 0.429. The van der Waals surface area contributed by atoms with Crippen molar-refractivity contribution in [1.82, 2.24) is 9.97 Å². The average Bonchev–Trinajstić information content (AvgIpc) is 2.97. The fourth-order valence-electron chi connectivity index (χ4n) is 2.52. The Labute approximate surface area is 127 Å². The van der Waals surface area contributed by atoms with Crippen LogP contribution in [0.5, 0.6) is 5.75 Å². The summed E-state index contributed by atoms with van der Waals surface area (Å²) in [5, 5.41) is 0. The number of nitrogens with one attached hydrogen (secondary N) is 1. The Kier molecular flexibility index (Phi) is 3.55. The van der Waals surface area contributed by atoms with Gasteiger partial charge < -0.3 is 14.5 Å². The molecule has 0 unspecified atom stereocenters. The van der Waals surface area contributed by atoms with Crippen LogP contribution in [0.2, 0.25) is 0 Å². The minimum Gasteiger partial charge on any atom is -0.497 e. The first-order valence-electron chi connectivity index (χ1n) is 6.85. The number of esters is 1. The first kappa shape index (κ1) is 14.1.